The number of H-pyrrole nitrogens is 1. The number of nitrogens with one attached hydrogen (secondary N) is 1. The summed E-state index contributed by atoms with van der Waals surface area (Å²) in [5.74, 6) is 0.425. The normalized spacial score (nSPS) is 10.7. The van der Waals surface area contributed by atoms with Gasteiger partial charge in [-0.25, -0.2) is 4.98 Å². The molecule has 0 fully saturated rings. The molecule has 0 aliphatic rings. The van der Waals surface area contributed by atoms with E-state index in [4.69, 9.17) is 0 Å². The van der Waals surface area contributed by atoms with E-state index < -0.39 is 21.2 Å². The van der Waals surface area contributed by atoms with Gasteiger partial charge in [0.05, 0.1) is 20.9 Å². The summed E-state index contributed by atoms with van der Waals surface area (Å²) >= 11 is 0. The van der Waals surface area contributed by atoms with Crippen molar-refractivity contribution in [3.8, 4) is 11.4 Å². The molecule has 0 amide bonds. The lowest BCUT2D eigenvalue weighted by Gasteiger charge is -1.98. The van der Waals surface area contributed by atoms with Crippen LogP contribution in [0.25, 0.3) is 22.4 Å². The molecular weight excluding hydrogens is 276 g/mol. The molecule has 0 unspecified atom stereocenters. The number of para-hydroxylation sites is 2. The molecule has 0 aliphatic heterocycles. The zero-order chi connectivity index (χ0) is 15.0. The lowest BCUT2D eigenvalue weighted by atomic mass is 10.1. The molecule has 1 aromatic heterocycles. The van der Waals surface area contributed by atoms with Gasteiger partial charge in [-0.3, -0.25) is 20.2 Å². The fraction of sp³-hybridized carbons (Fsp3) is 0. The smallest absolute Gasteiger partial charge is 0.338 e. The van der Waals surface area contributed by atoms with Crippen LogP contribution >= 0.6 is 0 Å². The number of benzene rings is 2. The van der Waals surface area contributed by atoms with Crippen molar-refractivity contribution in [1.29, 1.82) is 0 Å². The third kappa shape index (κ3) is 2.18. The van der Waals surface area contributed by atoms with Crippen LogP contribution in [-0.4, -0.2) is 19.8 Å². The Hall–Kier alpha value is -3.29. The number of fused-ring (bicyclic) bond motifs is 1. The Morgan fingerprint density at radius 1 is 0.952 bits per heavy atom. The number of nitrogens with zero attached hydrogens (tertiary/aromatic N) is 3. The van der Waals surface area contributed by atoms with E-state index >= 15 is 0 Å². The first-order valence-corrected chi connectivity index (χ1v) is 5.94. The molecule has 1 heterocycles. The molecular formula is C13H8N4O4. The van der Waals surface area contributed by atoms with E-state index in [-0.39, 0.29) is 0 Å². The lowest BCUT2D eigenvalue weighted by Crippen LogP contribution is -1.97. The van der Waals surface area contributed by atoms with Crippen LogP contribution in [0.3, 0.4) is 0 Å². The molecule has 2 aromatic carbocycles. The van der Waals surface area contributed by atoms with Gasteiger partial charge in [-0.05, 0) is 18.2 Å². The summed E-state index contributed by atoms with van der Waals surface area (Å²) in [5.41, 5.74) is 0.823. The van der Waals surface area contributed by atoms with Crippen LogP contribution in [0.2, 0.25) is 0 Å². The highest BCUT2D eigenvalue weighted by atomic mass is 16.6. The van der Waals surface area contributed by atoms with Crippen molar-refractivity contribution in [2.75, 3.05) is 0 Å². The second-order valence-corrected chi connectivity index (χ2v) is 4.32. The van der Waals surface area contributed by atoms with Crippen LogP contribution in [-0.2, 0) is 0 Å². The van der Waals surface area contributed by atoms with Crippen LogP contribution in [0.1, 0.15) is 0 Å². The SMILES string of the molecule is O=[N+]([O-])c1ccc(-c2nc3ccccc3[nH]2)cc1[N+](=O)[O-]. The highest BCUT2D eigenvalue weighted by molar-refractivity contribution is 5.80. The average molecular weight is 284 g/mol. The molecule has 0 atom stereocenters. The predicted molar refractivity (Wildman–Crippen MR) is 74.8 cm³/mol. The predicted octanol–water partition coefficient (Wildman–Crippen LogP) is 3.05. The fourth-order valence-corrected chi connectivity index (χ4v) is 2.06. The molecule has 0 bridgehead atoms. The zero-order valence-corrected chi connectivity index (χ0v) is 10.5. The number of nitro groups is 2. The number of hydrogen-bond donors (Lipinski definition) is 1. The summed E-state index contributed by atoms with van der Waals surface area (Å²) in [7, 11) is 0. The summed E-state index contributed by atoms with van der Waals surface area (Å²) in [5, 5.41) is 21.7. The Bertz CT molecular complexity index is 838. The standard InChI is InChI=1S/C13H8N4O4/c18-16(19)11-6-5-8(7-12(11)17(20)21)13-14-9-3-1-2-4-10(9)15-13/h1-7H,(H,14,15). The Morgan fingerprint density at radius 3 is 2.33 bits per heavy atom. The van der Waals surface area contributed by atoms with Crippen LogP contribution in [0.5, 0.6) is 0 Å². The first kappa shape index (κ1) is 12.7. The quantitative estimate of drug-likeness (QED) is 0.586. The molecule has 1 N–H and O–H groups in total. The summed E-state index contributed by atoms with van der Waals surface area (Å²) < 4.78 is 0. The van der Waals surface area contributed by atoms with Crippen molar-refractivity contribution < 1.29 is 9.85 Å². The van der Waals surface area contributed by atoms with Gasteiger partial charge in [0.15, 0.2) is 0 Å². The van der Waals surface area contributed by atoms with Crippen molar-refractivity contribution in [3.63, 3.8) is 0 Å². The number of hydrogen-bond acceptors (Lipinski definition) is 5. The van der Waals surface area contributed by atoms with E-state index in [1.54, 1.807) is 6.07 Å². The molecule has 0 saturated heterocycles. The molecule has 8 heteroatoms. The second-order valence-electron chi connectivity index (χ2n) is 4.32. The summed E-state index contributed by atoms with van der Waals surface area (Å²) in [6.07, 6.45) is 0. The minimum atomic E-state index is -0.777. The molecule has 104 valence electrons. The topological polar surface area (TPSA) is 115 Å². The Kier molecular flexibility index (Phi) is 2.83. The molecule has 8 nitrogen and oxygen atoms in total. The van der Waals surface area contributed by atoms with E-state index in [0.717, 1.165) is 17.6 Å². The molecule has 21 heavy (non-hydrogen) atoms. The largest absolute Gasteiger partial charge is 0.346 e. The van der Waals surface area contributed by atoms with Gasteiger partial charge in [0.2, 0.25) is 0 Å². The maximum Gasteiger partial charge on any atom is 0.346 e. The zero-order valence-electron chi connectivity index (χ0n) is 10.5. The highest BCUT2D eigenvalue weighted by Crippen LogP contribution is 2.31. The van der Waals surface area contributed by atoms with E-state index in [2.05, 4.69) is 9.97 Å². The van der Waals surface area contributed by atoms with Gasteiger partial charge in [-0.1, -0.05) is 12.1 Å². The first-order valence-electron chi connectivity index (χ1n) is 5.94. The van der Waals surface area contributed by atoms with Crippen LogP contribution in [0, 0.1) is 20.2 Å². The van der Waals surface area contributed by atoms with Gasteiger partial charge in [0.1, 0.15) is 5.82 Å². The van der Waals surface area contributed by atoms with Crippen molar-refractivity contribution in [2.45, 2.75) is 0 Å². The Labute approximate surface area is 117 Å². The Morgan fingerprint density at radius 2 is 1.67 bits per heavy atom. The molecule has 0 saturated carbocycles. The van der Waals surface area contributed by atoms with E-state index in [1.807, 2.05) is 18.2 Å². The van der Waals surface area contributed by atoms with Gasteiger partial charge in [-0.2, -0.15) is 0 Å². The number of aromatic amines is 1. The van der Waals surface area contributed by atoms with E-state index in [1.165, 1.54) is 6.07 Å². The van der Waals surface area contributed by atoms with E-state index in [9.17, 15) is 20.2 Å². The van der Waals surface area contributed by atoms with Gasteiger partial charge >= 0.3 is 11.4 Å². The van der Waals surface area contributed by atoms with Crippen molar-refractivity contribution >= 4 is 22.4 Å². The Balaban J connectivity index is 2.16. The molecule has 3 aromatic rings. The van der Waals surface area contributed by atoms with Crippen LogP contribution in [0.15, 0.2) is 42.5 Å². The number of nitro benzene ring substituents is 2. The minimum absolute atomic E-state index is 0.420. The third-order valence-corrected chi connectivity index (χ3v) is 3.03. The van der Waals surface area contributed by atoms with Gasteiger partial charge in [0, 0.05) is 17.7 Å². The molecule has 0 radical (unpaired) electrons. The third-order valence-electron chi connectivity index (χ3n) is 3.03. The first-order chi connectivity index (χ1) is 10.1. The van der Waals surface area contributed by atoms with Crippen molar-refractivity contribution in [3.05, 3.63) is 62.7 Å². The van der Waals surface area contributed by atoms with Crippen LogP contribution < -0.4 is 0 Å². The highest BCUT2D eigenvalue weighted by Gasteiger charge is 2.25. The summed E-state index contributed by atoms with van der Waals surface area (Å²) in [4.78, 5) is 27.5. The van der Waals surface area contributed by atoms with Crippen molar-refractivity contribution in [2.24, 2.45) is 0 Å². The van der Waals surface area contributed by atoms with Crippen LogP contribution in [0.4, 0.5) is 11.4 Å². The summed E-state index contributed by atoms with van der Waals surface area (Å²) in [6.45, 7) is 0. The lowest BCUT2D eigenvalue weighted by molar-refractivity contribution is -0.422. The van der Waals surface area contributed by atoms with Crippen molar-refractivity contribution in [1.82, 2.24) is 9.97 Å². The monoisotopic (exact) mass is 284 g/mol. The fourth-order valence-electron chi connectivity index (χ4n) is 2.06. The van der Waals surface area contributed by atoms with Gasteiger partial charge in [-0.15, -0.1) is 0 Å². The minimum Gasteiger partial charge on any atom is -0.338 e. The maximum absolute atomic E-state index is 11.0. The molecule has 0 aliphatic carbocycles. The maximum atomic E-state index is 11.0. The molecule has 0 spiro atoms. The second kappa shape index (κ2) is 4.67. The number of rotatable bonds is 3. The number of aromatic nitrogens is 2. The van der Waals surface area contributed by atoms with E-state index in [0.29, 0.717) is 16.9 Å². The van der Waals surface area contributed by atoms with Gasteiger partial charge in [0.25, 0.3) is 0 Å². The molecule has 3 rings (SSSR count). The summed E-state index contributed by atoms with van der Waals surface area (Å²) in [6, 6.07) is 11.0. The average Bonchev–Trinajstić information content (AvgIpc) is 2.90. The number of imidazole rings is 1. The van der Waals surface area contributed by atoms with Gasteiger partial charge < -0.3 is 4.98 Å².